The number of nitrogens with zero attached hydrogens (tertiary/aromatic N) is 4. The molecular weight excluding hydrogens is 318 g/mol. The van der Waals surface area contributed by atoms with E-state index in [4.69, 9.17) is 9.78 Å². The first-order valence-electron chi connectivity index (χ1n) is 8.30. The van der Waals surface area contributed by atoms with Gasteiger partial charge in [0.15, 0.2) is 0 Å². The van der Waals surface area contributed by atoms with E-state index in [1.54, 1.807) is 12.1 Å². The van der Waals surface area contributed by atoms with Gasteiger partial charge in [-0.25, -0.2) is 4.79 Å². The molecule has 1 aliphatic rings. The predicted molar refractivity (Wildman–Crippen MR) is 91.5 cm³/mol. The van der Waals surface area contributed by atoms with E-state index in [0.29, 0.717) is 25.2 Å². The highest BCUT2D eigenvalue weighted by molar-refractivity contribution is 5.74. The molecule has 1 aliphatic heterocycles. The molecule has 0 aliphatic carbocycles. The summed E-state index contributed by atoms with van der Waals surface area (Å²) in [6.45, 7) is 6.10. The third kappa shape index (κ3) is 4.58. The zero-order valence-electron chi connectivity index (χ0n) is 14.2. The van der Waals surface area contributed by atoms with Crippen LogP contribution in [0, 0.1) is 18.3 Å². The summed E-state index contributed by atoms with van der Waals surface area (Å²) in [5, 5.41) is 15.7. The van der Waals surface area contributed by atoms with Crippen molar-refractivity contribution >= 4 is 6.03 Å². The van der Waals surface area contributed by atoms with E-state index in [1.807, 2.05) is 30.0 Å². The van der Waals surface area contributed by atoms with Crippen molar-refractivity contribution < 1.29 is 9.32 Å². The van der Waals surface area contributed by atoms with Crippen LogP contribution in [-0.2, 0) is 13.1 Å². The first kappa shape index (κ1) is 17.0. The normalized spacial score (nSPS) is 15.0. The summed E-state index contributed by atoms with van der Waals surface area (Å²) >= 11 is 0. The number of hydrogen-bond acceptors (Lipinski definition) is 5. The van der Waals surface area contributed by atoms with Gasteiger partial charge in [-0.05, 0) is 24.6 Å². The number of urea groups is 1. The van der Waals surface area contributed by atoms with E-state index in [-0.39, 0.29) is 6.03 Å². The molecule has 0 atom stereocenters. The number of nitriles is 1. The Hall–Kier alpha value is -2.85. The van der Waals surface area contributed by atoms with Crippen LogP contribution < -0.4 is 5.32 Å². The molecule has 1 aromatic carbocycles. The number of carbonyl (C=O) groups is 1. The summed E-state index contributed by atoms with van der Waals surface area (Å²) in [5.41, 5.74) is 2.53. The van der Waals surface area contributed by atoms with Crippen LogP contribution in [0.25, 0.3) is 0 Å². The van der Waals surface area contributed by atoms with Crippen LogP contribution in [0.15, 0.2) is 34.9 Å². The third-order valence-corrected chi connectivity index (χ3v) is 4.25. The van der Waals surface area contributed by atoms with Crippen molar-refractivity contribution in [2.45, 2.75) is 20.0 Å². The highest BCUT2D eigenvalue weighted by Crippen LogP contribution is 2.09. The number of rotatable bonds is 4. The largest absolute Gasteiger partial charge is 0.361 e. The maximum atomic E-state index is 12.3. The van der Waals surface area contributed by atoms with E-state index in [0.717, 1.165) is 36.7 Å². The molecule has 1 saturated heterocycles. The third-order valence-electron chi connectivity index (χ3n) is 4.25. The lowest BCUT2D eigenvalue weighted by molar-refractivity contribution is 0.133. The molecule has 130 valence electrons. The maximum Gasteiger partial charge on any atom is 0.317 e. The molecule has 7 nitrogen and oxygen atoms in total. The number of amides is 2. The van der Waals surface area contributed by atoms with E-state index >= 15 is 0 Å². The molecule has 1 N–H and O–H groups in total. The van der Waals surface area contributed by atoms with Gasteiger partial charge in [-0.15, -0.1) is 0 Å². The number of piperazine rings is 1. The van der Waals surface area contributed by atoms with Crippen LogP contribution in [0.5, 0.6) is 0 Å². The summed E-state index contributed by atoms with van der Waals surface area (Å²) < 4.78 is 5.08. The fourth-order valence-electron chi connectivity index (χ4n) is 2.82. The standard InChI is InChI=1S/C18H21N5O2/c1-14-10-17(21-25-14)13-22-6-8-23(9-7-22)18(24)20-12-16-4-2-15(11-19)3-5-16/h2-5,10H,6-9,12-13H2,1H3,(H,20,24). The SMILES string of the molecule is Cc1cc(CN2CCN(C(=O)NCc3ccc(C#N)cc3)CC2)no1. The van der Waals surface area contributed by atoms with Gasteiger partial charge in [-0.3, -0.25) is 4.90 Å². The summed E-state index contributed by atoms with van der Waals surface area (Å²) in [7, 11) is 0. The van der Waals surface area contributed by atoms with Gasteiger partial charge >= 0.3 is 6.03 Å². The minimum atomic E-state index is -0.0544. The fraction of sp³-hybridized carbons (Fsp3) is 0.389. The Bertz CT molecular complexity index is 755. The molecule has 0 spiro atoms. The van der Waals surface area contributed by atoms with Crippen molar-refractivity contribution in [3.8, 4) is 6.07 Å². The molecule has 3 rings (SSSR count). The van der Waals surface area contributed by atoms with Crippen LogP contribution in [0.3, 0.4) is 0 Å². The molecular formula is C18H21N5O2. The van der Waals surface area contributed by atoms with Gasteiger partial charge in [-0.1, -0.05) is 17.3 Å². The Balaban J connectivity index is 1.42. The monoisotopic (exact) mass is 339 g/mol. The van der Waals surface area contributed by atoms with E-state index < -0.39 is 0 Å². The smallest absolute Gasteiger partial charge is 0.317 e. The average Bonchev–Trinajstić information content (AvgIpc) is 3.05. The number of nitrogens with one attached hydrogen (secondary N) is 1. The van der Waals surface area contributed by atoms with Crippen LogP contribution in [-0.4, -0.2) is 47.2 Å². The Morgan fingerprint density at radius 2 is 2.00 bits per heavy atom. The van der Waals surface area contributed by atoms with Gasteiger partial charge in [0.2, 0.25) is 0 Å². The zero-order valence-corrected chi connectivity index (χ0v) is 14.2. The lowest BCUT2D eigenvalue weighted by Gasteiger charge is -2.34. The molecule has 0 unspecified atom stereocenters. The van der Waals surface area contributed by atoms with E-state index in [9.17, 15) is 4.79 Å². The molecule has 0 bridgehead atoms. The predicted octanol–water partition coefficient (Wildman–Crippen LogP) is 1.88. The lowest BCUT2D eigenvalue weighted by Crippen LogP contribution is -2.51. The summed E-state index contributed by atoms with van der Waals surface area (Å²) in [4.78, 5) is 16.4. The Labute approximate surface area is 146 Å². The van der Waals surface area contributed by atoms with Gasteiger partial charge < -0.3 is 14.7 Å². The molecule has 25 heavy (non-hydrogen) atoms. The Morgan fingerprint density at radius 3 is 2.60 bits per heavy atom. The van der Waals surface area contributed by atoms with Crippen molar-refractivity contribution in [3.05, 3.63) is 52.9 Å². The molecule has 0 radical (unpaired) electrons. The van der Waals surface area contributed by atoms with Crippen LogP contribution in [0.4, 0.5) is 4.79 Å². The molecule has 2 amide bonds. The molecule has 7 heteroatoms. The summed E-state index contributed by atoms with van der Waals surface area (Å²) in [5.74, 6) is 0.816. The average molecular weight is 339 g/mol. The van der Waals surface area contributed by atoms with Crippen LogP contribution >= 0.6 is 0 Å². The minimum Gasteiger partial charge on any atom is -0.361 e. The van der Waals surface area contributed by atoms with Crippen molar-refractivity contribution in [2.24, 2.45) is 0 Å². The highest BCUT2D eigenvalue weighted by Gasteiger charge is 2.21. The molecule has 2 aromatic rings. The van der Waals surface area contributed by atoms with Crippen molar-refractivity contribution in [2.75, 3.05) is 26.2 Å². The second-order valence-electron chi connectivity index (χ2n) is 6.16. The van der Waals surface area contributed by atoms with Gasteiger partial charge in [0.25, 0.3) is 0 Å². The lowest BCUT2D eigenvalue weighted by atomic mass is 10.1. The summed E-state index contributed by atoms with van der Waals surface area (Å²) in [6.07, 6.45) is 0. The molecule has 1 fully saturated rings. The summed E-state index contributed by atoms with van der Waals surface area (Å²) in [6, 6.07) is 11.2. The molecule has 0 saturated carbocycles. The van der Waals surface area contributed by atoms with Gasteiger partial charge in [0.1, 0.15) is 5.76 Å². The highest BCUT2D eigenvalue weighted by atomic mass is 16.5. The first-order chi connectivity index (χ1) is 12.1. The van der Waals surface area contributed by atoms with Crippen molar-refractivity contribution in [1.29, 1.82) is 5.26 Å². The zero-order chi connectivity index (χ0) is 17.6. The second kappa shape index (κ2) is 7.81. The fourth-order valence-corrected chi connectivity index (χ4v) is 2.82. The van der Waals surface area contributed by atoms with Gasteiger partial charge in [0.05, 0.1) is 17.3 Å². The van der Waals surface area contributed by atoms with E-state index in [1.165, 1.54) is 0 Å². The van der Waals surface area contributed by atoms with Crippen molar-refractivity contribution in [3.63, 3.8) is 0 Å². The topological polar surface area (TPSA) is 85.4 Å². The number of aromatic nitrogens is 1. The van der Waals surface area contributed by atoms with Gasteiger partial charge in [-0.2, -0.15) is 5.26 Å². The van der Waals surface area contributed by atoms with Gasteiger partial charge in [0, 0.05) is 45.3 Å². The molecule has 1 aromatic heterocycles. The number of aryl methyl sites for hydroxylation is 1. The number of hydrogen-bond donors (Lipinski definition) is 1. The van der Waals surface area contributed by atoms with E-state index in [2.05, 4.69) is 21.4 Å². The minimum absolute atomic E-state index is 0.0544. The second-order valence-corrected chi connectivity index (χ2v) is 6.16. The maximum absolute atomic E-state index is 12.3. The Morgan fingerprint density at radius 1 is 1.28 bits per heavy atom. The van der Waals surface area contributed by atoms with Crippen LogP contribution in [0.1, 0.15) is 22.6 Å². The van der Waals surface area contributed by atoms with Crippen LogP contribution in [0.2, 0.25) is 0 Å². The molecule has 2 heterocycles. The van der Waals surface area contributed by atoms with Crippen molar-refractivity contribution in [1.82, 2.24) is 20.3 Å². The number of carbonyl (C=O) groups excluding carboxylic acids is 1. The first-order valence-corrected chi connectivity index (χ1v) is 8.30. The number of benzene rings is 1. The quantitative estimate of drug-likeness (QED) is 0.919. The Kier molecular flexibility index (Phi) is 5.31.